The number of amides is 1. The molecule has 1 amide bonds. The lowest BCUT2D eigenvalue weighted by atomic mass is 10.1. The van der Waals surface area contributed by atoms with Crippen LogP contribution in [0.4, 0.5) is 32.8 Å². The van der Waals surface area contributed by atoms with Gasteiger partial charge in [0, 0.05) is 58.0 Å². The number of fused-ring (bicyclic) bond motifs is 1. The molecule has 0 fully saturated rings. The maximum atomic E-state index is 13.8. The number of hydrogen-bond donors (Lipinski definition) is 3. The molecule has 0 aliphatic heterocycles. The summed E-state index contributed by atoms with van der Waals surface area (Å²) >= 11 is 0. The lowest BCUT2D eigenvalue weighted by molar-refractivity contribution is 0.102. The quantitative estimate of drug-likeness (QED) is 0.258. The Hall–Kier alpha value is -4.78. The molecule has 0 aliphatic carbocycles. The van der Waals surface area contributed by atoms with Crippen molar-refractivity contribution in [1.82, 2.24) is 9.97 Å². The van der Waals surface area contributed by atoms with Crippen LogP contribution in [0, 0.1) is 12.7 Å². The molecule has 0 radical (unpaired) electrons. The number of anilines is 5. The van der Waals surface area contributed by atoms with Gasteiger partial charge in [0.05, 0.1) is 5.52 Å². The summed E-state index contributed by atoms with van der Waals surface area (Å²) in [5.74, 6) is -0.561. The van der Waals surface area contributed by atoms with Crippen molar-refractivity contribution in [3.8, 4) is 0 Å². The van der Waals surface area contributed by atoms with E-state index in [1.54, 1.807) is 42.9 Å². The molecule has 0 bridgehead atoms. The Bertz CT molecular complexity index is 1500. The van der Waals surface area contributed by atoms with Crippen molar-refractivity contribution in [1.29, 1.82) is 0 Å². The number of rotatable bonds is 6. The lowest BCUT2D eigenvalue weighted by Crippen LogP contribution is -2.12. The number of aryl methyl sites for hydroxylation is 1. The van der Waals surface area contributed by atoms with Gasteiger partial charge in [0.25, 0.3) is 5.91 Å². The van der Waals surface area contributed by atoms with Gasteiger partial charge in [-0.05, 0) is 85.3 Å². The molecule has 2 aromatic heterocycles. The van der Waals surface area contributed by atoms with Gasteiger partial charge in [-0.1, -0.05) is 6.07 Å². The minimum Gasteiger partial charge on any atom is -0.355 e. The summed E-state index contributed by atoms with van der Waals surface area (Å²) in [5.41, 5.74) is 6.12. The monoisotopic (exact) mass is 463 g/mol. The largest absolute Gasteiger partial charge is 0.355 e. The number of nitrogens with zero attached hydrogens (tertiary/aromatic N) is 2. The molecule has 2 heterocycles. The van der Waals surface area contributed by atoms with Crippen molar-refractivity contribution < 1.29 is 9.18 Å². The number of aromatic nitrogens is 2. The van der Waals surface area contributed by atoms with Gasteiger partial charge in [-0.25, -0.2) is 4.39 Å². The predicted octanol–water partition coefficient (Wildman–Crippen LogP) is 6.82. The molecule has 0 spiro atoms. The van der Waals surface area contributed by atoms with Gasteiger partial charge in [0.2, 0.25) is 0 Å². The molecule has 0 atom stereocenters. The van der Waals surface area contributed by atoms with E-state index in [2.05, 4.69) is 25.9 Å². The van der Waals surface area contributed by atoms with Crippen molar-refractivity contribution in [3.05, 3.63) is 114 Å². The summed E-state index contributed by atoms with van der Waals surface area (Å²) in [6.07, 6.45) is 5.11. The Labute approximate surface area is 201 Å². The highest BCUT2D eigenvalue weighted by atomic mass is 19.1. The van der Waals surface area contributed by atoms with Crippen molar-refractivity contribution in [2.24, 2.45) is 0 Å². The molecule has 3 aromatic carbocycles. The zero-order valence-electron chi connectivity index (χ0n) is 18.9. The van der Waals surface area contributed by atoms with E-state index in [4.69, 9.17) is 0 Å². The van der Waals surface area contributed by atoms with Gasteiger partial charge in [-0.3, -0.25) is 14.8 Å². The first-order chi connectivity index (χ1) is 17.0. The first-order valence-electron chi connectivity index (χ1n) is 11.1. The highest BCUT2D eigenvalue weighted by molar-refractivity contribution is 6.05. The Morgan fingerprint density at radius 2 is 1.49 bits per heavy atom. The molecular formula is C28H22FN5O. The Balaban J connectivity index is 1.32. The van der Waals surface area contributed by atoms with Crippen molar-refractivity contribution in [3.63, 3.8) is 0 Å². The maximum Gasteiger partial charge on any atom is 0.255 e. The SMILES string of the molecule is Cc1ccc(C(=O)Nc2ccc(Nc3ccncc3)cc2)cc1Nc1ccnc2ccc(F)cc12. The van der Waals surface area contributed by atoms with Crippen LogP contribution in [-0.4, -0.2) is 15.9 Å². The average molecular weight is 464 g/mol. The number of carbonyl (C=O) groups excluding carboxylic acids is 1. The van der Waals surface area contributed by atoms with Crippen molar-refractivity contribution in [2.45, 2.75) is 6.92 Å². The number of pyridine rings is 2. The minimum atomic E-state index is -0.333. The fourth-order valence-corrected chi connectivity index (χ4v) is 3.71. The van der Waals surface area contributed by atoms with E-state index in [1.165, 1.54) is 12.1 Å². The highest BCUT2D eigenvalue weighted by Crippen LogP contribution is 2.28. The topological polar surface area (TPSA) is 78.9 Å². The van der Waals surface area contributed by atoms with E-state index in [0.29, 0.717) is 27.8 Å². The van der Waals surface area contributed by atoms with E-state index in [1.807, 2.05) is 49.4 Å². The number of hydrogen-bond acceptors (Lipinski definition) is 5. The molecule has 6 nitrogen and oxygen atoms in total. The smallest absolute Gasteiger partial charge is 0.255 e. The predicted molar refractivity (Wildman–Crippen MR) is 138 cm³/mol. The summed E-state index contributed by atoms with van der Waals surface area (Å²) in [6, 6.07) is 22.9. The standard InChI is InChI=1S/C28H22FN5O/c1-18-2-3-19(16-27(18)34-26-12-15-31-25-9-4-20(29)17-24(25)26)28(35)33-22-7-5-21(6-8-22)32-23-10-13-30-14-11-23/h2-17H,1H3,(H,30,32)(H,31,34)(H,33,35). The van der Waals surface area contributed by atoms with Gasteiger partial charge in [0.1, 0.15) is 5.82 Å². The summed E-state index contributed by atoms with van der Waals surface area (Å²) in [6.45, 7) is 1.95. The fourth-order valence-electron chi connectivity index (χ4n) is 3.71. The molecule has 35 heavy (non-hydrogen) atoms. The zero-order chi connectivity index (χ0) is 24.2. The van der Waals surface area contributed by atoms with Gasteiger partial charge in [-0.2, -0.15) is 0 Å². The lowest BCUT2D eigenvalue weighted by Gasteiger charge is -2.14. The van der Waals surface area contributed by atoms with E-state index >= 15 is 0 Å². The van der Waals surface area contributed by atoms with Gasteiger partial charge >= 0.3 is 0 Å². The van der Waals surface area contributed by atoms with Crippen molar-refractivity contribution in [2.75, 3.05) is 16.0 Å². The van der Waals surface area contributed by atoms with Gasteiger partial charge < -0.3 is 16.0 Å². The number of nitrogens with one attached hydrogen (secondary N) is 3. The second-order valence-electron chi connectivity index (χ2n) is 8.07. The van der Waals surface area contributed by atoms with Crippen LogP contribution >= 0.6 is 0 Å². The second kappa shape index (κ2) is 9.61. The van der Waals surface area contributed by atoms with Gasteiger partial charge in [-0.15, -0.1) is 0 Å². The molecule has 172 valence electrons. The molecule has 5 rings (SSSR count). The van der Waals surface area contributed by atoms with Crippen LogP contribution in [0.25, 0.3) is 10.9 Å². The molecule has 0 saturated carbocycles. The normalized spacial score (nSPS) is 10.7. The molecule has 0 unspecified atom stereocenters. The summed E-state index contributed by atoms with van der Waals surface area (Å²) in [5, 5.41) is 10.2. The van der Waals surface area contributed by atoms with Crippen LogP contribution in [0.1, 0.15) is 15.9 Å². The first kappa shape index (κ1) is 22.0. The number of carbonyl (C=O) groups is 1. The molecular weight excluding hydrogens is 441 g/mol. The van der Waals surface area contributed by atoms with Crippen LogP contribution in [-0.2, 0) is 0 Å². The summed E-state index contributed by atoms with van der Waals surface area (Å²) in [7, 11) is 0. The molecule has 3 N–H and O–H groups in total. The van der Waals surface area contributed by atoms with Gasteiger partial charge in [0.15, 0.2) is 0 Å². The molecule has 5 aromatic rings. The number of halogens is 1. The van der Waals surface area contributed by atoms with Crippen LogP contribution in [0.2, 0.25) is 0 Å². The van der Waals surface area contributed by atoms with Crippen molar-refractivity contribution >= 4 is 45.2 Å². The third-order valence-electron chi connectivity index (χ3n) is 5.58. The third-order valence-corrected chi connectivity index (χ3v) is 5.58. The third kappa shape index (κ3) is 5.09. The highest BCUT2D eigenvalue weighted by Gasteiger charge is 2.11. The first-order valence-corrected chi connectivity index (χ1v) is 11.1. The van der Waals surface area contributed by atoms with E-state index in [0.717, 1.165) is 22.6 Å². The minimum absolute atomic E-state index is 0.228. The molecule has 0 aliphatic rings. The Morgan fingerprint density at radius 3 is 2.29 bits per heavy atom. The summed E-state index contributed by atoms with van der Waals surface area (Å²) < 4.78 is 13.8. The van der Waals surface area contributed by atoms with Crippen LogP contribution in [0.3, 0.4) is 0 Å². The Morgan fingerprint density at radius 1 is 0.743 bits per heavy atom. The molecule has 7 heteroatoms. The van der Waals surface area contributed by atoms with Crippen LogP contribution in [0.5, 0.6) is 0 Å². The number of benzene rings is 3. The van der Waals surface area contributed by atoms with Crippen LogP contribution < -0.4 is 16.0 Å². The molecule has 0 saturated heterocycles. The Kier molecular flexibility index (Phi) is 6.05. The maximum absolute atomic E-state index is 13.8. The summed E-state index contributed by atoms with van der Waals surface area (Å²) in [4.78, 5) is 21.2. The van der Waals surface area contributed by atoms with E-state index in [9.17, 15) is 9.18 Å². The second-order valence-corrected chi connectivity index (χ2v) is 8.07. The zero-order valence-corrected chi connectivity index (χ0v) is 18.9. The van der Waals surface area contributed by atoms with Crippen LogP contribution in [0.15, 0.2) is 97.5 Å². The van der Waals surface area contributed by atoms with E-state index < -0.39 is 0 Å². The average Bonchev–Trinajstić information content (AvgIpc) is 2.87. The fraction of sp³-hybridized carbons (Fsp3) is 0.0357. The van der Waals surface area contributed by atoms with E-state index in [-0.39, 0.29) is 11.7 Å².